The first-order chi connectivity index (χ1) is 13.1. The molecular formula is C20H24ClFN2O4. The van der Waals surface area contributed by atoms with Crippen LogP contribution in [0.15, 0.2) is 12.1 Å². The van der Waals surface area contributed by atoms with Crippen molar-refractivity contribution in [2.24, 2.45) is 0 Å². The minimum atomic E-state index is -0.595. The Morgan fingerprint density at radius 2 is 2.04 bits per heavy atom. The normalized spacial score (nSPS) is 17.6. The van der Waals surface area contributed by atoms with Crippen molar-refractivity contribution in [3.8, 4) is 0 Å². The highest BCUT2D eigenvalue weighted by atomic mass is 35.5. The maximum atomic E-state index is 15.2. The van der Waals surface area contributed by atoms with Crippen molar-refractivity contribution in [3.63, 3.8) is 0 Å². The van der Waals surface area contributed by atoms with Gasteiger partial charge >= 0.3 is 12.1 Å². The summed E-state index contributed by atoms with van der Waals surface area (Å²) >= 11 is 6.36. The number of ether oxygens (including phenoxy) is 2. The lowest BCUT2D eigenvalue weighted by molar-refractivity contribution is 0.0197. The molecule has 0 unspecified atom stereocenters. The number of piperidine rings is 1. The Morgan fingerprint density at radius 1 is 1.32 bits per heavy atom. The lowest BCUT2D eigenvalue weighted by Gasteiger charge is -2.34. The Hall–Kier alpha value is -2.28. The fraction of sp³-hybridized carbons (Fsp3) is 0.500. The molecule has 0 bridgehead atoms. The largest absolute Gasteiger partial charge is 0.464 e. The molecule has 8 heteroatoms. The molecule has 1 aromatic heterocycles. The van der Waals surface area contributed by atoms with E-state index in [0.29, 0.717) is 29.1 Å². The highest BCUT2D eigenvalue weighted by Crippen LogP contribution is 2.36. The van der Waals surface area contributed by atoms with Gasteiger partial charge in [-0.2, -0.15) is 0 Å². The highest BCUT2D eigenvalue weighted by Gasteiger charge is 2.31. The van der Waals surface area contributed by atoms with Gasteiger partial charge in [-0.05, 0) is 51.3 Å². The smallest absolute Gasteiger partial charge is 0.410 e. The summed E-state index contributed by atoms with van der Waals surface area (Å²) in [6.07, 6.45) is 1.05. The van der Waals surface area contributed by atoms with Gasteiger partial charge < -0.3 is 19.4 Å². The van der Waals surface area contributed by atoms with Crippen LogP contribution in [0, 0.1) is 5.82 Å². The van der Waals surface area contributed by atoms with Crippen LogP contribution in [0.1, 0.15) is 55.6 Å². The third kappa shape index (κ3) is 4.09. The van der Waals surface area contributed by atoms with Gasteiger partial charge in [0.05, 0.1) is 17.6 Å². The first kappa shape index (κ1) is 20.5. The molecule has 1 N–H and O–H groups in total. The summed E-state index contributed by atoms with van der Waals surface area (Å²) < 4.78 is 25.4. The van der Waals surface area contributed by atoms with Crippen molar-refractivity contribution < 1.29 is 23.5 Å². The summed E-state index contributed by atoms with van der Waals surface area (Å²) in [6.45, 7) is 6.34. The van der Waals surface area contributed by atoms with E-state index in [1.54, 1.807) is 11.0 Å². The lowest BCUT2D eigenvalue weighted by Crippen LogP contribution is -2.42. The number of halogens is 2. The van der Waals surface area contributed by atoms with Crippen molar-refractivity contribution in [2.45, 2.75) is 45.1 Å². The number of esters is 1. The van der Waals surface area contributed by atoms with Gasteiger partial charge in [-0.25, -0.2) is 14.0 Å². The van der Waals surface area contributed by atoms with E-state index in [4.69, 9.17) is 16.3 Å². The monoisotopic (exact) mass is 410 g/mol. The molecule has 1 amide bonds. The van der Waals surface area contributed by atoms with E-state index in [1.807, 2.05) is 20.8 Å². The number of hydrogen-bond donors (Lipinski definition) is 1. The van der Waals surface area contributed by atoms with E-state index in [1.165, 1.54) is 13.2 Å². The van der Waals surface area contributed by atoms with Gasteiger partial charge in [-0.1, -0.05) is 11.6 Å². The van der Waals surface area contributed by atoms with Gasteiger partial charge in [-0.3, -0.25) is 0 Å². The molecule has 152 valence electrons. The third-order valence-corrected chi connectivity index (χ3v) is 5.06. The second kappa shape index (κ2) is 7.62. The minimum absolute atomic E-state index is 0.134. The van der Waals surface area contributed by atoms with Crippen LogP contribution in [0.2, 0.25) is 5.02 Å². The minimum Gasteiger partial charge on any atom is -0.464 e. The van der Waals surface area contributed by atoms with Crippen LogP contribution < -0.4 is 0 Å². The van der Waals surface area contributed by atoms with Crippen LogP contribution in [-0.2, 0) is 9.47 Å². The average Bonchev–Trinajstić information content (AvgIpc) is 3.09. The van der Waals surface area contributed by atoms with Gasteiger partial charge in [0.2, 0.25) is 0 Å². The number of benzene rings is 1. The predicted molar refractivity (Wildman–Crippen MR) is 104 cm³/mol. The molecule has 0 aliphatic carbocycles. The number of fused-ring (bicyclic) bond motifs is 1. The summed E-state index contributed by atoms with van der Waals surface area (Å²) in [6, 6.07) is 3.06. The molecule has 2 aromatic rings. The molecule has 1 atom stereocenters. The fourth-order valence-corrected chi connectivity index (χ4v) is 3.74. The Morgan fingerprint density at radius 3 is 2.68 bits per heavy atom. The zero-order valence-corrected chi connectivity index (χ0v) is 17.2. The molecule has 2 heterocycles. The number of aromatic amines is 1. The Kier molecular flexibility index (Phi) is 5.57. The molecule has 6 nitrogen and oxygen atoms in total. The van der Waals surface area contributed by atoms with Crippen molar-refractivity contribution >= 4 is 34.6 Å². The second-order valence-electron chi connectivity index (χ2n) is 7.99. The average molecular weight is 411 g/mol. The van der Waals surface area contributed by atoms with Gasteiger partial charge in [0.15, 0.2) is 5.82 Å². The summed E-state index contributed by atoms with van der Waals surface area (Å²) in [7, 11) is 1.25. The van der Waals surface area contributed by atoms with Crippen LogP contribution in [0.4, 0.5) is 9.18 Å². The van der Waals surface area contributed by atoms with Gasteiger partial charge in [0.25, 0.3) is 0 Å². The van der Waals surface area contributed by atoms with E-state index >= 15 is 4.39 Å². The third-order valence-electron chi connectivity index (χ3n) is 4.75. The summed E-state index contributed by atoms with van der Waals surface area (Å²) in [4.78, 5) is 28.5. The molecule has 0 spiro atoms. The summed E-state index contributed by atoms with van der Waals surface area (Å²) in [5.41, 5.74) is 0.127. The van der Waals surface area contributed by atoms with Crippen LogP contribution in [0.5, 0.6) is 0 Å². The van der Waals surface area contributed by atoms with Crippen molar-refractivity contribution in [2.75, 3.05) is 20.2 Å². The summed E-state index contributed by atoms with van der Waals surface area (Å²) in [5.74, 6) is -1.28. The topological polar surface area (TPSA) is 71.6 Å². The van der Waals surface area contributed by atoms with Crippen LogP contribution in [0.3, 0.4) is 0 Å². The Labute approximate surface area is 167 Å². The number of amides is 1. The zero-order valence-electron chi connectivity index (χ0n) is 16.4. The van der Waals surface area contributed by atoms with Crippen LogP contribution in [-0.4, -0.2) is 47.7 Å². The van der Waals surface area contributed by atoms with Gasteiger partial charge in [0, 0.05) is 24.4 Å². The zero-order chi connectivity index (χ0) is 20.6. The standard InChI is InChI=1S/C20H24ClFN2O4/c1-20(2,3)28-19(26)24-7-5-6-11(10-24)12-8-14(21)13-9-15(18(25)27-4)23-17(13)16(12)22/h8-9,11,23H,5-7,10H2,1-4H3/t11-/m0/s1. The number of H-pyrrole nitrogens is 1. The first-order valence-electron chi connectivity index (χ1n) is 9.17. The summed E-state index contributed by atoms with van der Waals surface area (Å²) in [5, 5.41) is 0.760. The number of rotatable bonds is 2. The molecule has 3 rings (SSSR count). The van der Waals surface area contributed by atoms with E-state index in [0.717, 1.165) is 12.8 Å². The molecular weight excluding hydrogens is 387 g/mol. The maximum Gasteiger partial charge on any atom is 0.410 e. The van der Waals surface area contributed by atoms with Crippen LogP contribution in [0.25, 0.3) is 10.9 Å². The SMILES string of the molecule is COC(=O)c1cc2c(Cl)cc([C@H]3CCCN(C(=O)OC(C)(C)C)C3)c(F)c2[nH]1. The molecule has 0 saturated carbocycles. The van der Waals surface area contributed by atoms with Crippen molar-refractivity contribution in [1.29, 1.82) is 0 Å². The molecule has 1 saturated heterocycles. The molecule has 28 heavy (non-hydrogen) atoms. The van der Waals surface area contributed by atoms with E-state index < -0.39 is 23.5 Å². The number of nitrogens with zero attached hydrogens (tertiary/aromatic N) is 1. The predicted octanol–water partition coefficient (Wildman–Crippen LogP) is 4.86. The number of aromatic nitrogens is 1. The van der Waals surface area contributed by atoms with Crippen molar-refractivity contribution in [3.05, 3.63) is 34.2 Å². The highest BCUT2D eigenvalue weighted by molar-refractivity contribution is 6.35. The quantitative estimate of drug-likeness (QED) is 0.717. The second-order valence-corrected chi connectivity index (χ2v) is 8.40. The number of hydrogen-bond acceptors (Lipinski definition) is 4. The lowest BCUT2D eigenvalue weighted by atomic mass is 9.90. The molecule has 1 aliphatic heterocycles. The molecule has 0 radical (unpaired) electrons. The van der Waals surface area contributed by atoms with Crippen molar-refractivity contribution in [1.82, 2.24) is 9.88 Å². The van der Waals surface area contributed by atoms with Crippen LogP contribution >= 0.6 is 11.6 Å². The molecule has 1 aliphatic rings. The number of carbonyl (C=O) groups is 2. The Balaban J connectivity index is 1.91. The van der Waals surface area contributed by atoms with E-state index in [2.05, 4.69) is 9.72 Å². The van der Waals surface area contributed by atoms with E-state index in [-0.39, 0.29) is 17.1 Å². The number of nitrogens with one attached hydrogen (secondary N) is 1. The fourth-order valence-electron chi connectivity index (χ4n) is 3.48. The number of likely N-dealkylation sites (tertiary alicyclic amines) is 1. The number of carbonyl (C=O) groups excluding carboxylic acids is 2. The Bertz CT molecular complexity index is 919. The number of methoxy groups -OCH3 is 1. The maximum absolute atomic E-state index is 15.2. The van der Waals surface area contributed by atoms with Gasteiger partial charge in [0.1, 0.15) is 11.3 Å². The molecule has 1 fully saturated rings. The van der Waals surface area contributed by atoms with E-state index in [9.17, 15) is 9.59 Å². The van der Waals surface area contributed by atoms with Gasteiger partial charge in [-0.15, -0.1) is 0 Å². The first-order valence-corrected chi connectivity index (χ1v) is 9.55. The molecule has 1 aromatic carbocycles.